The van der Waals surface area contributed by atoms with Gasteiger partial charge in [-0.05, 0) is 55.7 Å². The first-order valence-corrected chi connectivity index (χ1v) is 13.6. The van der Waals surface area contributed by atoms with E-state index in [1.807, 2.05) is 12.1 Å². The Hall–Kier alpha value is -2.92. The summed E-state index contributed by atoms with van der Waals surface area (Å²) in [6.45, 7) is 5.63. The number of para-hydroxylation sites is 1. The van der Waals surface area contributed by atoms with E-state index < -0.39 is 15.1 Å². The molecule has 11 heteroatoms. The number of nitrogens with one attached hydrogen (secondary N) is 2. The maximum Gasteiger partial charge on any atom is 0.229 e. The van der Waals surface area contributed by atoms with Crippen LogP contribution in [0.3, 0.4) is 0 Å². The van der Waals surface area contributed by atoms with Crippen LogP contribution in [0.1, 0.15) is 25.0 Å². The van der Waals surface area contributed by atoms with E-state index in [-0.39, 0.29) is 28.3 Å². The first kappa shape index (κ1) is 26.2. The molecule has 0 atom stereocenters. The molecule has 4 rings (SSSR count). The van der Waals surface area contributed by atoms with Crippen molar-refractivity contribution >= 4 is 44.6 Å². The third-order valence-corrected chi connectivity index (χ3v) is 8.57. The summed E-state index contributed by atoms with van der Waals surface area (Å²) in [5, 5.41) is 15.2. The minimum Gasteiger partial charge on any atom is -0.495 e. The van der Waals surface area contributed by atoms with E-state index in [0.29, 0.717) is 23.7 Å². The van der Waals surface area contributed by atoms with Gasteiger partial charge in [0.05, 0.1) is 41.4 Å². The Kier molecular flexibility index (Phi) is 7.99. The number of sulfone groups is 1. The normalized spacial score (nSPS) is 13.9. The van der Waals surface area contributed by atoms with Gasteiger partial charge in [0.2, 0.25) is 5.95 Å². The summed E-state index contributed by atoms with van der Waals surface area (Å²) in [5.41, 5.74) is 3.42. The zero-order valence-electron chi connectivity index (χ0n) is 20.5. The summed E-state index contributed by atoms with van der Waals surface area (Å²) in [6.07, 6.45) is 2.32. The van der Waals surface area contributed by atoms with Crippen molar-refractivity contribution in [1.29, 1.82) is 0 Å². The molecular weight excluding hydrogens is 502 g/mol. The van der Waals surface area contributed by atoms with Gasteiger partial charge in [-0.25, -0.2) is 13.4 Å². The van der Waals surface area contributed by atoms with Crippen LogP contribution in [0.25, 0.3) is 0 Å². The topological polar surface area (TPSA) is 117 Å². The molecule has 3 aromatic rings. The zero-order valence-corrected chi connectivity index (χ0v) is 22.0. The Morgan fingerprint density at radius 3 is 2.67 bits per heavy atom. The van der Waals surface area contributed by atoms with Gasteiger partial charge in [0.15, 0.2) is 15.7 Å². The average Bonchev–Trinajstić information content (AvgIpc) is 2.86. The van der Waals surface area contributed by atoms with Gasteiger partial charge in [0.1, 0.15) is 10.8 Å². The molecule has 0 aliphatic carbocycles. The molecule has 0 saturated heterocycles. The molecule has 1 aliphatic heterocycles. The standard InChI is InChI=1S/C25H30ClN5O4S/c1-16(2)36(33,34)23-7-5-4-6-20(23)28-24-19(26)14-27-25(30-24)29-21-12-18-15-31(10-11-32)9-8-17(18)13-22(21)35-3/h4-7,12-14,16,32H,8-11,15H2,1-3H3,(H2,27,28,29,30). The highest BCUT2D eigenvalue weighted by atomic mass is 35.5. The van der Waals surface area contributed by atoms with Crippen molar-refractivity contribution in [1.82, 2.24) is 14.9 Å². The number of rotatable bonds is 9. The lowest BCUT2D eigenvalue weighted by atomic mass is 9.98. The van der Waals surface area contributed by atoms with Crippen LogP contribution in [0.15, 0.2) is 47.5 Å². The van der Waals surface area contributed by atoms with Gasteiger partial charge >= 0.3 is 0 Å². The van der Waals surface area contributed by atoms with Gasteiger partial charge in [0, 0.05) is 19.6 Å². The Balaban J connectivity index is 1.63. The maximum absolute atomic E-state index is 12.8. The van der Waals surface area contributed by atoms with Crippen molar-refractivity contribution in [2.45, 2.75) is 37.0 Å². The van der Waals surface area contributed by atoms with Crippen molar-refractivity contribution in [3.63, 3.8) is 0 Å². The monoisotopic (exact) mass is 531 g/mol. The number of aliphatic hydroxyl groups is 1. The summed E-state index contributed by atoms with van der Waals surface area (Å²) in [5.74, 6) is 1.20. The molecule has 0 unspecified atom stereocenters. The van der Waals surface area contributed by atoms with Crippen LogP contribution in [0.2, 0.25) is 5.02 Å². The quantitative estimate of drug-likeness (QED) is 0.374. The number of fused-ring (bicyclic) bond motifs is 1. The smallest absolute Gasteiger partial charge is 0.229 e. The Morgan fingerprint density at radius 2 is 1.94 bits per heavy atom. The number of hydrogen-bond donors (Lipinski definition) is 3. The predicted octanol–water partition coefficient (Wildman–Crippen LogP) is 4.16. The SMILES string of the molecule is COc1cc2c(cc1Nc1ncc(Cl)c(Nc3ccccc3S(=O)(=O)C(C)C)n1)CN(CCO)CC2. The van der Waals surface area contributed by atoms with Gasteiger partial charge in [-0.1, -0.05) is 23.7 Å². The van der Waals surface area contributed by atoms with Crippen molar-refractivity contribution in [3.8, 4) is 5.75 Å². The number of methoxy groups -OCH3 is 1. The molecule has 192 valence electrons. The van der Waals surface area contributed by atoms with Crippen LogP contribution in [0.5, 0.6) is 5.75 Å². The molecule has 0 radical (unpaired) electrons. The van der Waals surface area contributed by atoms with E-state index in [2.05, 4.69) is 25.5 Å². The average molecular weight is 532 g/mol. The van der Waals surface area contributed by atoms with E-state index in [1.165, 1.54) is 11.8 Å². The van der Waals surface area contributed by atoms with Crippen LogP contribution in [0, 0.1) is 0 Å². The van der Waals surface area contributed by atoms with E-state index in [4.69, 9.17) is 16.3 Å². The van der Waals surface area contributed by atoms with Crippen LogP contribution in [-0.2, 0) is 22.8 Å². The van der Waals surface area contributed by atoms with Crippen molar-refractivity contribution in [3.05, 3.63) is 58.7 Å². The van der Waals surface area contributed by atoms with Crippen LogP contribution >= 0.6 is 11.6 Å². The molecule has 1 aromatic heterocycles. The van der Waals surface area contributed by atoms with E-state index in [0.717, 1.165) is 25.1 Å². The first-order chi connectivity index (χ1) is 17.2. The second-order valence-corrected chi connectivity index (χ2v) is 11.7. The van der Waals surface area contributed by atoms with Crippen LogP contribution in [-0.4, -0.2) is 60.4 Å². The molecule has 0 fully saturated rings. The van der Waals surface area contributed by atoms with Crippen molar-refractivity contribution in [2.24, 2.45) is 0 Å². The molecule has 3 N–H and O–H groups in total. The van der Waals surface area contributed by atoms with Crippen LogP contribution < -0.4 is 15.4 Å². The van der Waals surface area contributed by atoms with E-state index in [9.17, 15) is 13.5 Å². The highest BCUT2D eigenvalue weighted by molar-refractivity contribution is 7.92. The van der Waals surface area contributed by atoms with Crippen molar-refractivity contribution in [2.75, 3.05) is 37.4 Å². The summed E-state index contributed by atoms with van der Waals surface area (Å²) in [7, 11) is -1.92. The molecular formula is C25H30ClN5O4S. The third-order valence-electron chi connectivity index (χ3n) is 6.09. The first-order valence-electron chi connectivity index (χ1n) is 11.7. The number of aliphatic hydroxyl groups excluding tert-OH is 1. The minimum absolute atomic E-state index is 0.118. The second kappa shape index (κ2) is 11.0. The van der Waals surface area contributed by atoms with Gasteiger partial charge in [-0.3, -0.25) is 4.90 Å². The minimum atomic E-state index is -3.53. The number of benzene rings is 2. The third kappa shape index (κ3) is 5.57. The maximum atomic E-state index is 12.8. The molecule has 0 saturated carbocycles. The fraction of sp³-hybridized carbons (Fsp3) is 0.360. The zero-order chi connectivity index (χ0) is 25.9. The molecule has 0 bridgehead atoms. The molecule has 2 heterocycles. The largest absolute Gasteiger partial charge is 0.495 e. The highest BCUT2D eigenvalue weighted by Crippen LogP contribution is 2.34. The van der Waals surface area contributed by atoms with Gasteiger partial charge in [-0.2, -0.15) is 4.98 Å². The van der Waals surface area contributed by atoms with Crippen LogP contribution in [0.4, 0.5) is 23.1 Å². The summed E-state index contributed by atoms with van der Waals surface area (Å²) in [4.78, 5) is 11.2. The number of hydrogen-bond acceptors (Lipinski definition) is 9. The lowest BCUT2D eigenvalue weighted by Gasteiger charge is -2.29. The molecule has 36 heavy (non-hydrogen) atoms. The van der Waals surface area contributed by atoms with Gasteiger partial charge < -0.3 is 20.5 Å². The molecule has 0 spiro atoms. The molecule has 1 aliphatic rings. The number of β-amino-alcohol motifs (C(OH)–C–C–N with tert-alkyl or cyclic N) is 1. The second-order valence-electron chi connectivity index (χ2n) is 8.80. The van der Waals surface area contributed by atoms with E-state index >= 15 is 0 Å². The lowest BCUT2D eigenvalue weighted by Crippen LogP contribution is -2.32. The fourth-order valence-corrected chi connectivity index (χ4v) is 5.42. The Bertz CT molecular complexity index is 1350. The highest BCUT2D eigenvalue weighted by Gasteiger charge is 2.23. The summed E-state index contributed by atoms with van der Waals surface area (Å²) in [6, 6.07) is 10.7. The number of anilines is 4. The Labute approximate surface area is 216 Å². The Morgan fingerprint density at radius 1 is 1.17 bits per heavy atom. The van der Waals surface area contributed by atoms with Crippen molar-refractivity contribution < 1.29 is 18.3 Å². The fourth-order valence-electron chi connectivity index (χ4n) is 4.08. The summed E-state index contributed by atoms with van der Waals surface area (Å²) < 4.78 is 31.3. The molecule has 2 aromatic carbocycles. The van der Waals surface area contributed by atoms with E-state index in [1.54, 1.807) is 45.2 Å². The lowest BCUT2D eigenvalue weighted by molar-refractivity contribution is 0.184. The predicted molar refractivity (Wildman–Crippen MR) is 141 cm³/mol. The number of ether oxygens (including phenoxy) is 1. The number of halogens is 1. The number of nitrogens with zero attached hydrogens (tertiary/aromatic N) is 3. The van der Waals surface area contributed by atoms with Gasteiger partial charge in [0.25, 0.3) is 0 Å². The number of aromatic nitrogens is 2. The molecule has 0 amide bonds. The summed E-state index contributed by atoms with van der Waals surface area (Å²) >= 11 is 6.36. The van der Waals surface area contributed by atoms with Gasteiger partial charge in [-0.15, -0.1) is 0 Å². The molecule has 9 nitrogen and oxygen atoms in total.